The van der Waals surface area contributed by atoms with Gasteiger partial charge in [-0.15, -0.1) is 0 Å². The molecule has 1 heterocycles. The summed E-state index contributed by atoms with van der Waals surface area (Å²) in [7, 11) is -3.09. The highest BCUT2D eigenvalue weighted by Crippen LogP contribution is 2.34. The summed E-state index contributed by atoms with van der Waals surface area (Å²) in [5.74, 6) is 0.203. The zero-order valence-electron chi connectivity index (χ0n) is 9.46. The van der Waals surface area contributed by atoms with Crippen molar-refractivity contribution in [1.82, 2.24) is 4.31 Å². The highest BCUT2D eigenvalue weighted by molar-refractivity contribution is 7.90. The third-order valence-corrected chi connectivity index (χ3v) is 5.82. The van der Waals surface area contributed by atoms with Gasteiger partial charge in [-0.25, -0.2) is 8.42 Å². The minimum absolute atomic E-state index is 0.152. The van der Waals surface area contributed by atoms with Gasteiger partial charge in [0.05, 0.1) is 5.25 Å². The number of sulfonamides is 1. The number of hydrogen-bond acceptors (Lipinski definition) is 3. The highest BCUT2D eigenvalue weighted by Gasteiger charge is 2.40. The number of rotatable bonds is 2. The lowest BCUT2D eigenvalue weighted by Gasteiger charge is -2.28. The second-order valence-corrected chi connectivity index (χ2v) is 6.99. The Morgan fingerprint density at radius 3 is 2.71 bits per heavy atom. The second-order valence-electron chi connectivity index (χ2n) is 4.78. The zero-order chi connectivity index (χ0) is 12.0. The number of benzene rings is 1. The molecule has 0 spiro atoms. The first-order chi connectivity index (χ1) is 8.07. The fourth-order valence-corrected chi connectivity index (χ4v) is 4.13. The molecule has 2 aliphatic rings. The molecule has 0 saturated heterocycles. The van der Waals surface area contributed by atoms with Crippen LogP contribution in [0, 0.1) is 0 Å². The van der Waals surface area contributed by atoms with E-state index in [4.69, 9.17) is 0 Å². The Morgan fingerprint density at radius 1 is 1.24 bits per heavy atom. The van der Waals surface area contributed by atoms with Crippen LogP contribution in [-0.4, -0.2) is 29.6 Å². The molecule has 0 aromatic heterocycles. The van der Waals surface area contributed by atoms with Crippen LogP contribution < -0.4 is 0 Å². The molecule has 1 aliphatic heterocycles. The van der Waals surface area contributed by atoms with Gasteiger partial charge in [0.2, 0.25) is 10.0 Å². The molecule has 0 atom stereocenters. The number of fused-ring (bicyclic) bond motifs is 1. The van der Waals surface area contributed by atoms with E-state index >= 15 is 0 Å². The molecule has 3 rings (SSSR count). The largest absolute Gasteiger partial charge is 0.508 e. The lowest BCUT2D eigenvalue weighted by atomic mass is 10.0. The average molecular weight is 253 g/mol. The van der Waals surface area contributed by atoms with Crippen molar-refractivity contribution in [3.05, 3.63) is 29.3 Å². The van der Waals surface area contributed by atoms with Crippen LogP contribution in [0.5, 0.6) is 5.75 Å². The number of aromatic hydroxyl groups is 1. The molecule has 5 heteroatoms. The maximum atomic E-state index is 12.1. The van der Waals surface area contributed by atoms with Gasteiger partial charge in [-0.2, -0.15) is 4.31 Å². The van der Waals surface area contributed by atoms with E-state index in [1.807, 2.05) is 6.07 Å². The van der Waals surface area contributed by atoms with Gasteiger partial charge < -0.3 is 5.11 Å². The Balaban J connectivity index is 1.89. The first-order valence-corrected chi connectivity index (χ1v) is 7.37. The van der Waals surface area contributed by atoms with Gasteiger partial charge in [0.1, 0.15) is 5.75 Å². The van der Waals surface area contributed by atoms with Gasteiger partial charge >= 0.3 is 0 Å². The van der Waals surface area contributed by atoms with Gasteiger partial charge in [0.25, 0.3) is 0 Å². The first-order valence-electron chi connectivity index (χ1n) is 5.87. The van der Waals surface area contributed by atoms with Crippen molar-refractivity contribution in [3.63, 3.8) is 0 Å². The zero-order valence-corrected chi connectivity index (χ0v) is 10.3. The Hall–Kier alpha value is -1.07. The van der Waals surface area contributed by atoms with Crippen molar-refractivity contribution < 1.29 is 13.5 Å². The second kappa shape index (κ2) is 3.71. The van der Waals surface area contributed by atoms with Crippen LogP contribution in [0.15, 0.2) is 18.2 Å². The van der Waals surface area contributed by atoms with Crippen molar-refractivity contribution in [2.75, 3.05) is 6.54 Å². The minimum Gasteiger partial charge on any atom is -0.508 e. The molecule has 1 aliphatic carbocycles. The molecule has 1 aromatic rings. The van der Waals surface area contributed by atoms with E-state index < -0.39 is 10.0 Å². The Bertz CT molecular complexity index is 549. The predicted octanol–water partition coefficient (Wildman–Crippen LogP) is 1.24. The third kappa shape index (κ3) is 1.93. The molecule has 1 saturated carbocycles. The quantitative estimate of drug-likeness (QED) is 0.862. The van der Waals surface area contributed by atoms with Crippen LogP contribution in [0.3, 0.4) is 0 Å². The van der Waals surface area contributed by atoms with Crippen molar-refractivity contribution in [1.29, 1.82) is 0 Å². The summed E-state index contributed by atoms with van der Waals surface area (Å²) in [5.41, 5.74) is 2.07. The average Bonchev–Trinajstić information content (AvgIpc) is 3.12. The lowest BCUT2D eigenvalue weighted by molar-refractivity contribution is 0.388. The first kappa shape index (κ1) is 11.0. The molecule has 1 fully saturated rings. The smallest absolute Gasteiger partial charge is 0.217 e. The maximum absolute atomic E-state index is 12.1. The van der Waals surface area contributed by atoms with Crippen LogP contribution >= 0.6 is 0 Å². The maximum Gasteiger partial charge on any atom is 0.217 e. The fourth-order valence-electron chi connectivity index (χ4n) is 2.31. The molecule has 0 bridgehead atoms. The number of phenols is 1. The molecule has 0 amide bonds. The predicted molar refractivity (Wildman–Crippen MR) is 64.2 cm³/mol. The van der Waals surface area contributed by atoms with Gasteiger partial charge in [-0.3, -0.25) is 0 Å². The van der Waals surface area contributed by atoms with Crippen LogP contribution in [0.4, 0.5) is 0 Å². The van der Waals surface area contributed by atoms with Gasteiger partial charge in [-0.1, -0.05) is 6.07 Å². The van der Waals surface area contributed by atoms with E-state index in [1.54, 1.807) is 16.4 Å². The summed E-state index contributed by atoms with van der Waals surface area (Å²) in [5, 5.41) is 9.28. The van der Waals surface area contributed by atoms with E-state index in [-0.39, 0.29) is 11.0 Å². The summed E-state index contributed by atoms with van der Waals surface area (Å²) in [6.07, 6.45) is 2.33. The standard InChI is InChI=1S/C12H15NO3S/c14-11-2-1-9-5-6-13(8-10(9)7-11)17(15,16)12-3-4-12/h1-2,7,12,14H,3-6,8H2. The summed E-state index contributed by atoms with van der Waals surface area (Å²) in [6.45, 7) is 0.971. The topological polar surface area (TPSA) is 57.6 Å². The summed E-state index contributed by atoms with van der Waals surface area (Å²) < 4.78 is 25.8. The normalized spacial score (nSPS) is 21.2. The molecule has 17 heavy (non-hydrogen) atoms. The molecule has 1 N–H and O–H groups in total. The van der Waals surface area contributed by atoms with Crippen LogP contribution in [-0.2, 0) is 23.0 Å². The lowest BCUT2D eigenvalue weighted by Crippen LogP contribution is -2.37. The van der Waals surface area contributed by atoms with Crippen molar-refractivity contribution in [3.8, 4) is 5.75 Å². The molecule has 0 unspecified atom stereocenters. The van der Waals surface area contributed by atoms with Crippen molar-refractivity contribution in [2.24, 2.45) is 0 Å². The number of nitrogens with zero attached hydrogens (tertiary/aromatic N) is 1. The number of phenolic OH excluding ortho intramolecular Hbond substituents is 1. The summed E-state index contributed by atoms with van der Waals surface area (Å²) >= 11 is 0. The third-order valence-electron chi connectivity index (χ3n) is 3.47. The van der Waals surface area contributed by atoms with E-state index in [9.17, 15) is 13.5 Å². The van der Waals surface area contributed by atoms with Crippen LogP contribution in [0.1, 0.15) is 24.0 Å². The van der Waals surface area contributed by atoms with E-state index in [1.165, 1.54) is 0 Å². The van der Waals surface area contributed by atoms with E-state index in [0.717, 1.165) is 30.4 Å². The molecular weight excluding hydrogens is 238 g/mol. The molecule has 4 nitrogen and oxygen atoms in total. The Labute approximate surface area is 101 Å². The fraction of sp³-hybridized carbons (Fsp3) is 0.500. The van der Waals surface area contributed by atoms with Gasteiger partial charge in [0.15, 0.2) is 0 Å². The van der Waals surface area contributed by atoms with Gasteiger partial charge in [0, 0.05) is 13.1 Å². The number of hydrogen-bond donors (Lipinski definition) is 1. The van der Waals surface area contributed by atoms with Crippen molar-refractivity contribution in [2.45, 2.75) is 31.1 Å². The molecule has 1 aromatic carbocycles. The molecule has 92 valence electrons. The summed E-state index contributed by atoms with van der Waals surface area (Å²) in [4.78, 5) is 0. The Morgan fingerprint density at radius 2 is 2.00 bits per heavy atom. The SMILES string of the molecule is O=S(=O)(C1CC1)N1CCc2ccc(O)cc2C1. The molecule has 0 radical (unpaired) electrons. The van der Waals surface area contributed by atoms with Crippen molar-refractivity contribution >= 4 is 10.0 Å². The van der Waals surface area contributed by atoms with E-state index in [0.29, 0.717) is 13.1 Å². The van der Waals surface area contributed by atoms with E-state index in [2.05, 4.69) is 0 Å². The monoisotopic (exact) mass is 253 g/mol. The summed E-state index contributed by atoms with van der Waals surface area (Å²) in [6, 6.07) is 5.21. The van der Waals surface area contributed by atoms with Gasteiger partial charge in [-0.05, 0) is 42.5 Å². The van der Waals surface area contributed by atoms with Crippen LogP contribution in [0.2, 0.25) is 0 Å². The Kier molecular flexibility index (Phi) is 2.41. The minimum atomic E-state index is -3.09. The van der Waals surface area contributed by atoms with Crippen LogP contribution in [0.25, 0.3) is 0 Å². The molecular formula is C12H15NO3S. The highest BCUT2D eigenvalue weighted by atomic mass is 32.2.